The Bertz CT molecular complexity index is 920. The zero-order valence-electron chi connectivity index (χ0n) is 15.2. The third-order valence-electron chi connectivity index (χ3n) is 4.82. The van der Waals surface area contributed by atoms with Gasteiger partial charge in [-0.15, -0.1) is 0 Å². The molecule has 0 aromatic heterocycles. The van der Waals surface area contributed by atoms with Crippen molar-refractivity contribution < 1.29 is 19.1 Å². The lowest BCUT2D eigenvalue weighted by Gasteiger charge is -2.23. The highest BCUT2D eigenvalue weighted by atomic mass is 32.2. The van der Waals surface area contributed by atoms with Gasteiger partial charge < -0.3 is 14.7 Å². The molecule has 6 nitrogen and oxygen atoms in total. The molecule has 2 aliphatic rings. The molecule has 1 fully saturated rings. The summed E-state index contributed by atoms with van der Waals surface area (Å²) in [6, 6.07) is 8.19. The predicted molar refractivity (Wildman–Crippen MR) is 113 cm³/mol. The second kappa shape index (κ2) is 7.18. The average molecular weight is 424 g/mol. The molecule has 3 rings (SSSR count). The standard InChI is InChI=1S/C18H21N2O4PS2/c1-18(2)12-6-4-5-7-13(12)19(3)15(18)9-8-14-16(21)20(17(26)27-14)10-11-25(22,23)24/h4-9H,10-11H2,1-3H3,(H2,22,23,24)/b14-8-,15-9-. The Morgan fingerprint density at radius 1 is 1.26 bits per heavy atom. The van der Waals surface area contributed by atoms with E-state index in [1.54, 1.807) is 6.08 Å². The van der Waals surface area contributed by atoms with Crippen LogP contribution in [0.3, 0.4) is 0 Å². The molecule has 0 aliphatic carbocycles. The quantitative estimate of drug-likeness (QED) is 0.436. The number of fused-ring (bicyclic) bond motifs is 1. The number of likely N-dealkylation sites (N-methyl/N-ethyl adjacent to an activating group) is 1. The highest BCUT2D eigenvalue weighted by Crippen LogP contribution is 2.47. The van der Waals surface area contributed by atoms with Gasteiger partial charge in [0.25, 0.3) is 5.91 Å². The smallest absolute Gasteiger partial charge is 0.327 e. The first-order valence-corrected chi connectivity index (χ1v) is 11.4. The minimum atomic E-state index is -4.18. The Hall–Kier alpha value is -1.44. The Balaban J connectivity index is 1.85. The van der Waals surface area contributed by atoms with Crippen molar-refractivity contribution in [2.45, 2.75) is 19.3 Å². The van der Waals surface area contributed by atoms with Crippen molar-refractivity contribution in [2.24, 2.45) is 0 Å². The molecule has 27 heavy (non-hydrogen) atoms. The maximum absolute atomic E-state index is 12.6. The van der Waals surface area contributed by atoms with Gasteiger partial charge in [0.05, 0.1) is 11.1 Å². The van der Waals surface area contributed by atoms with Gasteiger partial charge in [-0.25, -0.2) is 0 Å². The lowest BCUT2D eigenvalue weighted by molar-refractivity contribution is -0.122. The van der Waals surface area contributed by atoms with Crippen molar-refractivity contribution in [2.75, 3.05) is 24.7 Å². The zero-order valence-corrected chi connectivity index (χ0v) is 17.8. The normalized spacial score (nSPS) is 22.3. The number of thiocarbonyl (C=S) groups is 1. The van der Waals surface area contributed by atoms with Crippen molar-refractivity contribution in [3.05, 3.63) is 52.6 Å². The van der Waals surface area contributed by atoms with Crippen LogP contribution in [0.25, 0.3) is 0 Å². The van der Waals surface area contributed by atoms with Crippen molar-refractivity contribution in [1.82, 2.24) is 4.90 Å². The van der Waals surface area contributed by atoms with E-state index in [4.69, 9.17) is 22.0 Å². The number of rotatable bonds is 4. The number of amides is 1. The SMILES string of the molecule is CN1/C(=C\C=C2/SC(=S)N(CCP(=O)(O)O)C2=O)C(C)(C)c2ccccc21. The number of para-hydroxylation sites is 1. The minimum absolute atomic E-state index is 0.0836. The summed E-state index contributed by atoms with van der Waals surface area (Å²) in [7, 11) is -2.18. The Labute approximate surface area is 168 Å². The van der Waals surface area contributed by atoms with Gasteiger partial charge in [-0.2, -0.15) is 0 Å². The van der Waals surface area contributed by atoms with E-state index >= 15 is 0 Å². The van der Waals surface area contributed by atoms with E-state index in [1.807, 2.05) is 25.3 Å². The van der Waals surface area contributed by atoms with E-state index in [-0.39, 0.29) is 17.9 Å². The van der Waals surface area contributed by atoms with E-state index in [2.05, 4.69) is 30.9 Å². The molecule has 2 heterocycles. The minimum Gasteiger partial charge on any atom is -0.347 e. The molecular formula is C18H21N2O4PS2. The molecular weight excluding hydrogens is 403 g/mol. The van der Waals surface area contributed by atoms with Gasteiger partial charge in [-0.1, -0.05) is 56.0 Å². The fourth-order valence-corrected chi connectivity index (χ4v) is 5.10. The summed E-state index contributed by atoms with van der Waals surface area (Å²) in [6.45, 7) is 4.19. The topological polar surface area (TPSA) is 81.1 Å². The van der Waals surface area contributed by atoms with E-state index in [0.29, 0.717) is 9.23 Å². The monoisotopic (exact) mass is 424 g/mol. The fourth-order valence-electron chi connectivity index (χ4n) is 3.39. The van der Waals surface area contributed by atoms with Crippen molar-refractivity contribution >= 4 is 47.5 Å². The lowest BCUT2D eigenvalue weighted by Crippen LogP contribution is -2.30. The van der Waals surface area contributed by atoms with Gasteiger partial charge in [0.2, 0.25) is 0 Å². The summed E-state index contributed by atoms with van der Waals surface area (Å²) in [5.41, 5.74) is 3.22. The van der Waals surface area contributed by atoms with Crippen LogP contribution < -0.4 is 4.90 Å². The van der Waals surface area contributed by atoms with Crippen molar-refractivity contribution in [3.63, 3.8) is 0 Å². The molecule has 9 heteroatoms. The first-order valence-electron chi connectivity index (χ1n) is 8.36. The molecule has 0 radical (unpaired) electrons. The van der Waals surface area contributed by atoms with Crippen LogP contribution in [0.2, 0.25) is 0 Å². The summed E-state index contributed by atoms with van der Waals surface area (Å²) in [5, 5.41) is 0. The van der Waals surface area contributed by atoms with E-state index in [1.165, 1.54) is 10.5 Å². The summed E-state index contributed by atoms with van der Waals surface area (Å²) in [6.07, 6.45) is 3.27. The maximum Gasteiger partial charge on any atom is 0.327 e. The third kappa shape index (κ3) is 3.91. The van der Waals surface area contributed by atoms with Crippen LogP contribution in [0.15, 0.2) is 47.0 Å². The molecule has 1 amide bonds. The number of allylic oxidation sites excluding steroid dienone is 3. The van der Waals surface area contributed by atoms with Crippen LogP contribution >= 0.6 is 31.6 Å². The molecule has 1 aromatic rings. The molecule has 2 aliphatic heterocycles. The lowest BCUT2D eigenvalue weighted by atomic mass is 9.84. The van der Waals surface area contributed by atoms with Crippen LogP contribution in [0.1, 0.15) is 19.4 Å². The first-order chi connectivity index (χ1) is 12.5. The average Bonchev–Trinajstić information content (AvgIpc) is 2.95. The van der Waals surface area contributed by atoms with E-state index in [0.717, 1.165) is 23.1 Å². The third-order valence-corrected chi connectivity index (χ3v) is 7.00. The summed E-state index contributed by atoms with van der Waals surface area (Å²) in [5.74, 6) is -0.314. The Morgan fingerprint density at radius 3 is 2.56 bits per heavy atom. The maximum atomic E-state index is 12.6. The van der Waals surface area contributed by atoms with Crippen LogP contribution in [-0.2, 0) is 14.8 Å². The predicted octanol–water partition coefficient (Wildman–Crippen LogP) is 3.22. The summed E-state index contributed by atoms with van der Waals surface area (Å²) >= 11 is 6.35. The highest BCUT2D eigenvalue weighted by Gasteiger charge is 2.38. The highest BCUT2D eigenvalue weighted by molar-refractivity contribution is 8.26. The number of carbonyl (C=O) groups excluding carboxylic acids is 1. The van der Waals surface area contributed by atoms with Crippen molar-refractivity contribution in [3.8, 4) is 0 Å². The summed E-state index contributed by atoms with van der Waals surface area (Å²) in [4.78, 5) is 34.4. The van der Waals surface area contributed by atoms with Gasteiger partial charge in [0.1, 0.15) is 4.32 Å². The van der Waals surface area contributed by atoms with Gasteiger partial charge in [-0.3, -0.25) is 14.3 Å². The number of nitrogens with zero attached hydrogens (tertiary/aromatic N) is 2. The molecule has 0 saturated carbocycles. The number of thioether (sulfide) groups is 1. The molecule has 0 atom stereocenters. The van der Waals surface area contributed by atoms with Crippen molar-refractivity contribution in [1.29, 1.82) is 0 Å². The Kier molecular flexibility index (Phi) is 5.40. The van der Waals surface area contributed by atoms with Gasteiger partial charge >= 0.3 is 7.60 Å². The number of benzene rings is 1. The van der Waals surface area contributed by atoms with Gasteiger partial charge in [0.15, 0.2) is 0 Å². The molecule has 0 unspecified atom stereocenters. The molecule has 0 spiro atoms. The number of anilines is 1. The van der Waals surface area contributed by atoms with Gasteiger partial charge in [0, 0.05) is 30.4 Å². The zero-order chi connectivity index (χ0) is 20.0. The fraction of sp³-hybridized carbons (Fsp3) is 0.333. The number of carbonyl (C=O) groups is 1. The molecule has 1 aromatic carbocycles. The first kappa shape index (κ1) is 20.3. The molecule has 144 valence electrons. The largest absolute Gasteiger partial charge is 0.347 e. The second-order valence-electron chi connectivity index (χ2n) is 7.00. The van der Waals surface area contributed by atoms with Gasteiger partial charge in [-0.05, 0) is 23.8 Å². The molecule has 0 bridgehead atoms. The number of hydrogen-bond donors (Lipinski definition) is 2. The number of hydrogen-bond acceptors (Lipinski definition) is 5. The molecule has 1 saturated heterocycles. The van der Waals surface area contributed by atoms with Crippen LogP contribution in [0, 0.1) is 0 Å². The van der Waals surface area contributed by atoms with Crippen LogP contribution in [0.5, 0.6) is 0 Å². The summed E-state index contributed by atoms with van der Waals surface area (Å²) < 4.78 is 11.4. The van der Waals surface area contributed by atoms with E-state index < -0.39 is 13.8 Å². The van der Waals surface area contributed by atoms with Crippen LogP contribution in [0.4, 0.5) is 5.69 Å². The second-order valence-corrected chi connectivity index (χ2v) is 10.4. The van der Waals surface area contributed by atoms with E-state index in [9.17, 15) is 9.36 Å². The molecule has 2 N–H and O–H groups in total. The Morgan fingerprint density at radius 2 is 1.93 bits per heavy atom. The van der Waals surface area contributed by atoms with Crippen LogP contribution in [-0.4, -0.2) is 44.7 Å².